The topological polar surface area (TPSA) is 116 Å². The minimum absolute atomic E-state index is 0.0337. The van der Waals surface area contributed by atoms with Crippen LogP contribution >= 0.6 is 0 Å². The van der Waals surface area contributed by atoms with Crippen LogP contribution in [0.3, 0.4) is 0 Å². The number of aromatic nitrogens is 2. The van der Waals surface area contributed by atoms with E-state index in [0.29, 0.717) is 18.7 Å². The van der Waals surface area contributed by atoms with Crippen molar-refractivity contribution in [2.24, 2.45) is 5.92 Å². The molecule has 10 heteroatoms. The average molecular weight is 489 g/mol. The van der Waals surface area contributed by atoms with Gasteiger partial charge in [0.25, 0.3) is 0 Å². The molecule has 184 valence electrons. The molecule has 0 saturated carbocycles. The maximum absolute atomic E-state index is 13.5. The van der Waals surface area contributed by atoms with E-state index >= 15 is 0 Å². The smallest absolute Gasteiger partial charge is 0.247 e. The Labute approximate surface area is 201 Å². The third-order valence-corrected chi connectivity index (χ3v) is 7.67. The summed E-state index contributed by atoms with van der Waals surface area (Å²) < 4.78 is 34.7. The van der Waals surface area contributed by atoms with Gasteiger partial charge in [-0.2, -0.15) is 4.31 Å². The normalized spacial score (nSPS) is 21.9. The highest BCUT2D eigenvalue weighted by Crippen LogP contribution is 2.34. The first kappa shape index (κ1) is 26.1. The van der Waals surface area contributed by atoms with Crippen LogP contribution in [0, 0.1) is 17.8 Å². The van der Waals surface area contributed by atoms with E-state index in [1.54, 1.807) is 38.4 Å². The lowest BCUT2D eigenvalue weighted by molar-refractivity contribution is 0.0733. The quantitative estimate of drug-likeness (QED) is 0.581. The highest BCUT2D eigenvalue weighted by atomic mass is 32.2. The van der Waals surface area contributed by atoms with Gasteiger partial charge in [-0.15, -0.1) is 0 Å². The van der Waals surface area contributed by atoms with Crippen LogP contribution in [0.15, 0.2) is 41.8 Å². The molecule has 4 atom stereocenters. The zero-order valence-electron chi connectivity index (χ0n) is 19.9. The van der Waals surface area contributed by atoms with Crippen LogP contribution in [0.2, 0.25) is 0 Å². The van der Waals surface area contributed by atoms with Crippen molar-refractivity contribution in [2.45, 2.75) is 50.5 Å². The zero-order valence-corrected chi connectivity index (χ0v) is 20.7. The first-order valence-corrected chi connectivity index (χ1v) is 12.6. The van der Waals surface area contributed by atoms with E-state index in [9.17, 15) is 18.6 Å². The Hall–Kier alpha value is -2.55. The zero-order chi connectivity index (χ0) is 24.9. The van der Waals surface area contributed by atoms with Crippen LogP contribution in [0.5, 0.6) is 5.75 Å². The predicted molar refractivity (Wildman–Crippen MR) is 127 cm³/mol. The molecular weight excluding hydrogens is 456 g/mol. The minimum Gasteiger partial charge on any atom is -0.487 e. The first-order chi connectivity index (χ1) is 16.1. The minimum atomic E-state index is -3.91. The van der Waals surface area contributed by atoms with Crippen molar-refractivity contribution in [3.63, 3.8) is 0 Å². The van der Waals surface area contributed by atoms with Gasteiger partial charge >= 0.3 is 0 Å². The predicted octanol–water partition coefficient (Wildman–Crippen LogP) is 1.11. The van der Waals surface area contributed by atoms with Crippen LogP contribution in [0.4, 0.5) is 0 Å². The number of sulfonamides is 1. The van der Waals surface area contributed by atoms with Crippen molar-refractivity contribution < 1.29 is 23.4 Å². The first-order valence-electron chi connectivity index (χ1n) is 11.2. The van der Waals surface area contributed by atoms with Gasteiger partial charge in [0.15, 0.2) is 0 Å². The fourth-order valence-electron chi connectivity index (χ4n) is 3.80. The summed E-state index contributed by atoms with van der Waals surface area (Å²) in [5, 5.41) is 19.2. The fourth-order valence-corrected chi connectivity index (χ4v) is 5.63. The average Bonchev–Trinajstić information content (AvgIpc) is 2.80. The number of ether oxygens (including phenoxy) is 1. The van der Waals surface area contributed by atoms with E-state index in [1.165, 1.54) is 16.7 Å². The maximum Gasteiger partial charge on any atom is 0.247 e. The van der Waals surface area contributed by atoms with Crippen LogP contribution in [-0.2, 0) is 16.6 Å². The molecule has 1 aromatic heterocycles. The Bertz CT molecular complexity index is 1130. The van der Waals surface area contributed by atoms with Gasteiger partial charge < -0.3 is 14.9 Å². The molecule has 34 heavy (non-hydrogen) atoms. The summed E-state index contributed by atoms with van der Waals surface area (Å²) in [6.07, 6.45) is 3.85. The summed E-state index contributed by atoms with van der Waals surface area (Å²) in [5.41, 5.74) is 1.50. The fraction of sp³-hybridized carbons (Fsp3) is 0.500. The molecule has 3 rings (SSSR count). The van der Waals surface area contributed by atoms with E-state index in [1.807, 2.05) is 14.0 Å². The Morgan fingerprint density at radius 3 is 2.65 bits per heavy atom. The Balaban J connectivity index is 1.99. The number of likely N-dealkylation sites (N-methyl/N-ethyl adjacent to an activating group) is 1. The summed E-state index contributed by atoms with van der Waals surface area (Å²) >= 11 is 0. The molecule has 0 bridgehead atoms. The number of hydrogen-bond acceptors (Lipinski definition) is 8. The van der Waals surface area contributed by atoms with Gasteiger partial charge in [0.05, 0.1) is 6.61 Å². The summed E-state index contributed by atoms with van der Waals surface area (Å²) in [6.45, 7) is 6.24. The highest BCUT2D eigenvalue weighted by molar-refractivity contribution is 7.89. The van der Waals surface area contributed by atoms with E-state index in [4.69, 9.17) is 4.74 Å². The van der Waals surface area contributed by atoms with Gasteiger partial charge in [0.2, 0.25) is 10.0 Å². The molecule has 2 heterocycles. The molecule has 2 N–H and O–H groups in total. The molecule has 1 aromatic carbocycles. The van der Waals surface area contributed by atoms with Crippen molar-refractivity contribution in [1.29, 1.82) is 0 Å². The van der Waals surface area contributed by atoms with Crippen molar-refractivity contribution in [2.75, 3.05) is 26.7 Å². The van der Waals surface area contributed by atoms with Crippen LogP contribution in [0.1, 0.15) is 31.9 Å². The van der Waals surface area contributed by atoms with E-state index < -0.39 is 22.2 Å². The molecule has 0 unspecified atom stereocenters. The number of aliphatic hydroxyl groups is 2. The molecule has 0 fully saturated rings. The van der Waals surface area contributed by atoms with Crippen molar-refractivity contribution in [3.05, 3.63) is 48.0 Å². The number of aliphatic hydroxyl groups excluding tert-OH is 2. The summed E-state index contributed by atoms with van der Waals surface area (Å²) in [5.74, 6) is 5.56. The lowest BCUT2D eigenvalue weighted by Crippen LogP contribution is -2.49. The van der Waals surface area contributed by atoms with Gasteiger partial charge in [0.1, 0.15) is 29.2 Å². The number of benzene rings is 1. The van der Waals surface area contributed by atoms with Crippen molar-refractivity contribution in [3.8, 4) is 17.6 Å². The van der Waals surface area contributed by atoms with E-state index in [0.717, 1.165) is 5.56 Å². The Kier molecular flexibility index (Phi) is 8.62. The maximum atomic E-state index is 13.5. The second-order valence-electron chi connectivity index (χ2n) is 8.79. The van der Waals surface area contributed by atoms with Crippen LogP contribution in [0.25, 0.3) is 0 Å². The molecule has 0 saturated heterocycles. The monoisotopic (exact) mass is 488 g/mol. The van der Waals surface area contributed by atoms with Gasteiger partial charge in [-0.05, 0) is 39.1 Å². The van der Waals surface area contributed by atoms with Crippen LogP contribution in [-0.4, -0.2) is 82.8 Å². The molecule has 0 radical (unpaired) electrons. The van der Waals surface area contributed by atoms with Gasteiger partial charge in [-0.3, -0.25) is 4.90 Å². The third-order valence-electron chi connectivity index (χ3n) is 5.65. The molecule has 0 aliphatic carbocycles. The number of fused-ring (bicyclic) bond motifs is 1. The molecule has 1 aliphatic rings. The largest absolute Gasteiger partial charge is 0.487 e. The molecule has 9 nitrogen and oxygen atoms in total. The second kappa shape index (κ2) is 11.3. The van der Waals surface area contributed by atoms with Crippen molar-refractivity contribution >= 4 is 10.0 Å². The number of rotatable bonds is 6. The van der Waals surface area contributed by atoms with Crippen LogP contribution < -0.4 is 4.74 Å². The summed E-state index contributed by atoms with van der Waals surface area (Å²) in [7, 11) is -1.96. The lowest BCUT2D eigenvalue weighted by atomic mass is 10.0. The standard InChI is InChI=1S/C24H32N4O5S/c1-17-12-28(18(2)15-29)34(31,32)24-8-7-20(6-5-19(3)30)9-22(24)33-23(17)14-27(4)13-21-10-25-16-26-11-21/h7-11,16-19,23,29-30H,12-15H2,1-4H3/t17-,18+,19+,23-/m0/s1. The highest BCUT2D eigenvalue weighted by Gasteiger charge is 2.38. The molecule has 0 spiro atoms. The molecule has 2 aromatic rings. The Morgan fingerprint density at radius 2 is 2.00 bits per heavy atom. The molecular formula is C24H32N4O5S. The number of hydrogen-bond donors (Lipinski definition) is 2. The lowest BCUT2D eigenvalue weighted by Gasteiger charge is -2.37. The van der Waals surface area contributed by atoms with Crippen molar-refractivity contribution in [1.82, 2.24) is 19.2 Å². The molecule has 1 aliphatic heterocycles. The van der Waals surface area contributed by atoms with E-state index in [-0.39, 0.29) is 35.8 Å². The summed E-state index contributed by atoms with van der Waals surface area (Å²) in [4.78, 5) is 10.2. The van der Waals surface area contributed by atoms with E-state index in [2.05, 4.69) is 26.7 Å². The summed E-state index contributed by atoms with van der Waals surface area (Å²) in [6, 6.07) is 4.08. The van der Waals surface area contributed by atoms with Gasteiger partial charge in [0, 0.05) is 55.1 Å². The number of nitrogens with zero attached hydrogens (tertiary/aromatic N) is 4. The SMILES string of the molecule is C[C@H](CO)N1C[C@H](C)[C@H](CN(C)Cc2cncnc2)Oc2cc(C#C[C@@H](C)O)ccc2S1(=O)=O. The third kappa shape index (κ3) is 6.31. The van der Waals surface area contributed by atoms with Gasteiger partial charge in [-0.25, -0.2) is 18.4 Å². The van der Waals surface area contributed by atoms with Gasteiger partial charge in [-0.1, -0.05) is 18.8 Å². The molecule has 0 amide bonds. The second-order valence-corrected chi connectivity index (χ2v) is 10.6. The Morgan fingerprint density at radius 1 is 1.29 bits per heavy atom.